The molecule has 0 bridgehead atoms. The maximum Gasteiger partial charge on any atom is 0.141 e. The number of hydroxylamine groups is 2. The monoisotopic (exact) mass is 271 g/mol. The average Bonchev–Trinajstić information content (AvgIpc) is 2.67. The molecule has 3 rings (SSSR count). The number of hydrogen-bond donors (Lipinski definition) is 2. The largest absolute Gasteiger partial charge is 0.600 e. The summed E-state index contributed by atoms with van der Waals surface area (Å²) in [5.74, 6) is 0. The summed E-state index contributed by atoms with van der Waals surface area (Å²) in [6.07, 6.45) is 3.45. The predicted octanol–water partition coefficient (Wildman–Crippen LogP) is 0.974. The van der Waals surface area contributed by atoms with Crippen molar-refractivity contribution in [1.29, 1.82) is 0 Å². The van der Waals surface area contributed by atoms with Crippen LogP contribution in [0.1, 0.15) is 16.9 Å². The second-order valence-electron chi connectivity index (χ2n) is 4.13. The molecule has 0 spiro atoms. The van der Waals surface area contributed by atoms with Crippen LogP contribution in [-0.2, 0) is 12.8 Å². The van der Waals surface area contributed by atoms with Crippen LogP contribution >= 0.6 is 22.9 Å². The van der Waals surface area contributed by atoms with Gasteiger partial charge in [0.2, 0.25) is 0 Å². The lowest BCUT2D eigenvalue weighted by Crippen LogP contribution is -3.09. The third-order valence-corrected chi connectivity index (χ3v) is 4.60. The molecule has 7 heteroatoms. The smallest absolute Gasteiger partial charge is 0.141 e. The Hall–Kier alpha value is -0.790. The third kappa shape index (κ3) is 1.82. The topological polar surface area (TPSA) is 73.5 Å². The summed E-state index contributed by atoms with van der Waals surface area (Å²) >= 11 is 7.61. The molecule has 17 heavy (non-hydrogen) atoms. The van der Waals surface area contributed by atoms with Gasteiger partial charge < -0.3 is 5.21 Å². The highest BCUT2D eigenvalue weighted by molar-refractivity contribution is 7.19. The van der Waals surface area contributed by atoms with E-state index < -0.39 is 5.23 Å². The molecule has 1 aliphatic rings. The number of rotatable bonds is 1. The molecule has 2 aromatic rings. The molecule has 0 aliphatic heterocycles. The number of aryl methyl sites for hydroxylation is 1. The lowest BCUT2D eigenvalue weighted by Gasteiger charge is -2.27. The first-order valence-electron chi connectivity index (χ1n) is 5.30. The molecule has 0 aromatic carbocycles. The highest BCUT2D eigenvalue weighted by Crippen LogP contribution is 2.37. The third-order valence-electron chi connectivity index (χ3n) is 3.15. The van der Waals surface area contributed by atoms with Crippen molar-refractivity contribution in [3.63, 3.8) is 0 Å². The Balaban J connectivity index is 2.11. The first-order chi connectivity index (χ1) is 8.16. The van der Waals surface area contributed by atoms with E-state index in [1.54, 1.807) is 0 Å². The Bertz CT molecular complexity index is 572. The predicted molar refractivity (Wildman–Crippen MR) is 64.4 cm³/mol. The lowest BCUT2D eigenvalue weighted by molar-refractivity contribution is -1.07. The van der Waals surface area contributed by atoms with Crippen LogP contribution in [0.4, 0.5) is 0 Å². The summed E-state index contributed by atoms with van der Waals surface area (Å²) in [5, 5.41) is 20.7. The Morgan fingerprint density at radius 2 is 2.35 bits per heavy atom. The Labute approximate surface area is 106 Å². The van der Waals surface area contributed by atoms with E-state index in [1.165, 1.54) is 17.7 Å². The van der Waals surface area contributed by atoms with Gasteiger partial charge in [-0.15, -0.1) is 11.3 Å². The van der Waals surface area contributed by atoms with Crippen molar-refractivity contribution in [3.8, 4) is 0 Å². The van der Waals surface area contributed by atoms with Crippen molar-refractivity contribution in [2.75, 3.05) is 0 Å². The molecule has 5 nitrogen and oxygen atoms in total. The maximum atomic E-state index is 11.0. The summed E-state index contributed by atoms with van der Waals surface area (Å²) in [6, 6.07) is -0.276. The van der Waals surface area contributed by atoms with E-state index in [-0.39, 0.29) is 6.04 Å². The number of aromatic nitrogens is 2. The molecule has 2 heterocycles. The van der Waals surface area contributed by atoms with Gasteiger partial charge in [-0.3, -0.25) is 0 Å². The number of nitrogens with one attached hydrogen (secondary N) is 1. The second kappa shape index (κ2) is 4.15. The zero-order valence-electron chi connectivity index (χ0n) is 8.81. The van der Waals surface area contributed by atoms with Gasteiger partial charge in [0, 0.05) is 17.7 Å². The fourth-order valence-corrected chi connectivity index (χ4v) is 3.85. The summed E-state index contributed by atoms with van der Waals surface area (Å²) < 4.78 is 0. The second-order valence-corrected chi connectivity index (χ2v) is 5.57. The fraction of sp³-hybridized carbons (Fsp3) is 0.400. The van der Waals surface area contributed by atoms with E-state index >= 15 is 0 Å². The van der Waals surface area contributed by atoms with E-state index in [0.717, 1.165) is 27.1 Å². The molecule has 0 saturated heterocycles. The summed E-state index contributed by atoms with van der Waals surface area (Å²) in [6.45, 7) is 0. The van der Waals surface area contributed by atoms with Crippen LogP contribution < -0.4 is 5.23 Å². The van der Waals surface area contributed by atoms with Crippen molar-refractivity contribution < 1.29 is 10.4 Å². The van der Waals surface area contributed by atoms with Crippen molar-refractivity contribution in [2.45, 2.75) is 25.3 Å². The highest BCUT2D eigenvalue weighted by atomic mass is 35.5. The van der Waals surface area contributed by atoms with Crippen LogP contribution in [0.25, 0.3) is 10.2 Å². The number of nitrogens with zero attached hydrogens (tertiary/aromatic N) is 2. The van der Waals surface area contributed by atoms with Crippen molar-refractivity contribution in [3.05, 3.63) is 27.1 Å². The van der Waals surface area contributed by atoms with Crippen molar-refractivity contribution in [2.24, 2.45) is 0 Å². The highest BCUT2D eigenvalue weighted by Gasteiger charge is 2.27. The zero-order chi connectivity index (χ0) is 12.0. The normalized spacial score (nSPS) is 21.5. The van der Waals surface area contributed by atoms with E-state index in [2.05, 4.69) is 9.97 Å². The van der Waals surface area contributed by atoms with E-state index in [1.807, 2.05) is 0 Å². The summed E-state index contributed by atoms with van der Waals surface area (Å²) in [7, 11) is 0. The van der Waals surface area contributed by atoms with E-state index in [9.17, 15) is 5.21 Å². The molecule has 0 saturated carbocycles. The minimum atomic E-state index is -0.717. The summed E-state index contributed by atoms with van der Waals surface area (Å²) in [5.41, 5.74) is 1.15. The number of halogens is 1. The van der Waals surface area contributed by atoms with E-state index in [0.29, 0.717) is 18.0 Å². The number of fused-ring (bicyclic) bond motifs is 3. The van der Waals surface area contributed by atoms with Crippen LogP contribution in [0, 0.1) is 5.21 Å². The van der Waals surface area contributed by atoms with E-state index in [4.69, 9.17) is 16.8 Å². The van der Waals surface area contributed by atoms with Crippen molar-refractivity contribution >= 4 is 33.2 Å². The fourth-order valence-electron chi connectivity index (χ4n) is 2.28. The standard InChI is InChI=1S/C10H10ClN3O2S/c11-9-8-6-2-1-5(14(15)16)3-7(6)17-10(8)13-4-12-9/h4-5,14-15H,1-3H2. The number of quaternary nitrogens is 1. The van der Waals surface area contributed by atoms with Crippen LogP contribution in [0.3, 0.4) is 0 Å². The number of hydrogen-bond acceptors (Lipinski definition) is 5. The molecule has 2 N–H and O–H groups in total. The molecule has 0 fully saturated rings. The van der Waals surface area contributed by atoms with Gasteiger partial charge in [0.05, 0.1) is 5.39 Å². The maximum absolute atomic E-state index is 11.0. The lowest BCUT2D eigenvalue weighted by atomic mass is 9.93. The van der Waals surface area contributed by atoms with Crippen LogP contribution in [-0.4, -0.2) is 21.2 Å². The zero-order valence-corrected chi connectivity index (χ0v) is 10.4. The Morgan fingerprint density at radius 3 is 3.12 bits per heavy atom. The van der Waals surface area contributed by atoms with Crippen molar-refractivity contribution in [1.82, 2.24) is 9.97 Å². The minimum Gasteiger partial charge on any atom is -0.600 e. The van der Waals surface area contributed by atoms with Gasteiger partial charge >= 0.3 is 0 Å². The van der Waals surface area contributed by atoms with Gasteiger partial charge in [0.1, 0.15) is 22.4 Å². The van der Waals surface area contributed by atoms with Crippen LogP contribution in [0.5, 0.6) is 0 Å². The van der Waals surface area contributed by atoms with Gasteiger partial charge in [-0.05, 0) is 12.0 Å². The molecule has 0 amide bonds. The van der Waals surface area contributed by atoms with Gasteiger partial charge in [-0.1, -0.05) is 11.6 Å². The van der Waals surface area contributed by atoms with Crippen LogP contribution in [0.15, 0.2) is 6.33 Å². The van der Waals surface area contributed by atoms with Gasteiger partial charge in [-0.25, -0.2) is 20.4 Å². The first-order valence-corrected chi connectivity index (χ1v) is 6.50. The Kier molecular flexibility index (Phi) is 2.76. The molecular formula is C10H10ClN3O2S. The van der Waals surface area contributed by atoms with Gasteiger partial charge in [-0.2, -0.15) is 0 Å². The molecule has 2 unspecified atom stereocenters. The average molecular weight is 272 g/mol. The summed E-state index contributed by atoms with van der Waals surface area (Å²) in [4.78, 5) is 10.1. The molecule has 90 valence electrons. The molecule has 2 aromatic heterocycles. The Morgan fingerprint density at radius 1 is 1.53 bits per heavy atom. The first kappa shape index (κ1) is 11.3. The van der Waals surface area contributed by atoms with Gasteiger partial charge in [0.15, 0.2) is 0 Å². The quantitative estimate of drug-likeness (QED) is 0.599. The molecular weight excluding hydrogens is 262 g/mol. The number of thiophene rings is 1. The molecule has 1 aliphatic carbocycles. The minimum absolute atomic E-state index is 0.276. The molecule has 2 atom stereocenters. The van der Waals surface area contributed by atoms with Crippen LogP contribution in [0.2, 0.25) is 5.15 Å². The SMILES string of the molecule is [O-][NH+](O)C1CCc2c(sc3ncnc(Cl)c23)C1. The van der Waals surface area contributed by atoms with Gasteiger partial charge in [0.25, 0.3) is 0 Å². The molecule has 0 radical (unpaired) electrons.